The highest BCUT2D eigenvalue weighted by molar-refractivity contribution is 5.69. The van der Waals surface area contributed by atoms with Gasteiger partial charge in [-0.25, -0.2) is 4.79 Å². The van der Waals surface area contributed by atoms with Crippen LogP contribution in [0.15, 0.2) is 11.6 Å². The van der Waals surface area contributed by atoms with Crippen LogP contribution in [0.2, 0.25) is 0 Å². The topological polar surface area (TPSA) is 175 Å². The van der Waals surface area contributed by atoms with Gasteiger partial charge in [-0.2, -0.15) is 0 Å². The Balaban J connectivity index is 0.818. The number of ether oxygens (including phenoxy) is 14. The van der Waals surface area contributed by atoms with Crippen LogP contribution in [-0.4, -0.2) is 189 Å². The molecule has 3 saturated carbocycles. The van der Waals surface area contributed by atoms with Crippen LogP contribution >= 0.6 is 0 Å². The lowest BCUT2D eigenvalue weighted by atomic mass is 9.47. The van der Waals surface area contributed by atoms with E-state index in [0.29, 0.717) is 171 Å². The van der Waals surface area contributed by atoms with Gasteiger partial charge in [0.1, 0.15) is 11.7 Å². The molecule has 0 heterocycles. The Bertz CT molecular complexity index is 1550. The van der Waals surface area contributed by atoms with E-state index >= 15 is 0 Å². The van der Waals surface area contributed by atoms with Crippen molar-refractivity contribution in [3.63, 3.8) is 0 Å². The van der Waals surface area contributed by atoms with Gasteiger partial charge in [-0.05, 0) is 112 Å². The van der Waals surface area contributed by atoms with Crippen LogP contribution in [0.25, 0.3) is 0 Å². The number of hydrogen-bond acceptors (Lipinski definition) is 16. The maximum absolute atomic E-state index is 12.8. The zero-order valence-corrected chi connectivity index (χ0v) is 48.8. The van der Waals surface area contributed by atoms with Crippen molar-refractivity contribution in [2.24, 2.45) is 46.3 Å². The van der Waals surface area contributed by atoms with Crippen molar-refractivity contribution in [1.82, 2.24) is 5.32 Å². The number of allylic oxidation sites excluding steroid dienone is 1. The molecule has 0 radical (unpaired) electrons. The SMILES string of the molecule is CC(C)CCC[C@@H](C)[C@H]1CCC2C3CC=C4CC(OC(=O)CCOCCOCCOCCOCCOCCOCCOCCOCCOCCOCCOCCOCCNC(=O)OC(C)(C)C)CC[C@]4(C)C3CC[C@@]21C. The smallest absolute Gasteiger partial charge is 0.407 e. The number of carbonyl (C=O) groups excluding carboxylic acids is 2. The number of esters is 1. The Kier molecular flexibility index (Phi) is 33.8. The predicted molar refractivity (Wildman–Crippen MR) is 292 cm³/mol. The lowest BCUT2D eigenvalue weighted by Crippen LogP contribution is -2.51. The Morgan fingerprint density at radius 2 is 1.01 bits per heavy atom. The second kappa shape index (κ2) is 38.6. The average Bonchev–Trinajstić information content (AvgIpc) is 3.74. The average molecular weight is 1090 g/mol. The monoisotopic (exact) mass is 1090 g/mol. The van der Waals surface area contributed by atoms with Gasteiger partial charge < -0.3 is 71.6 Å². The van der Waals surface area contributed by atoms with Gasteiger partial charge in [-0.1, -0.05) is 65.5 Å². The van der Waals surface area contributed by atoms with Crippen molar-refractivity contribution >= 4 is 12.1 Å². The molecule has 8 atom stereocenters. The number of hydrogen-bond donors (Lipinski definition) is 1. The Labute approximate surface area is 459 Å². The predicted octanol–water partition coefficient (Wildman–Crippen LogP) is 9.05. The van der Waals surface area contributed by atoms with Crippen molar-refractivity contribution < 1.29 is 75.9 Å². The molecular weight excluding hydrogens is 979 g/mol. The van der Waals surface area contributed by atoms with E-state index in [1.54, 1.807) is 5.57 Å². The molecule has 1 amide bonds. The summed E-state index contributed by atoms with van der Waals surface area (Å²) in [5.74, 6) is 4.81. The van der Waals surface area contributed by atoms with E-state index in [4.69, 9.17) is 66.3 Å². The van der Waals surface area contributed by atoms with Crippen LogP contribution < -0.4 is 5.32 Å². The van der Waals surface area contributed by atoms with Gasteiger partial charge >= 0.3 is 12.1 Å². The van der Waals surface area contributed by atoms with Crippen LogP contribution in [0, 0.1) is 46.3 Å². The molecule has 0 aromatic rings. The number of amides is 1. The van der Waals surface area contributed by atoms with Crippen LogP contribution in [-0.2, 0) is 71.1 Å². The zero-order valence-electron chi connectivity index (χ0n) is 48.8. The van der Waals surface area contributed by atoms with E-state index in [2.05, 4.69) is 46.0 Å². The van der Waals surface area contributed by atoms with Crippen LogP contribution in [0.5, 0.6) is 0 Å². The van der Waals surface area contributed by atoms with E-state index in [9.17, 15) is 9.59 Å². The van der Waals surface area contributed by atoms with Crippen molar-refractivity contribution in [2.75, 3.05) is 165 Å². The summed E-state index contributed by atoms with van der Waals surface area (Å²) >= 11 is 0. The summed E-state index contributed by atoms with van der Waals surface area (Å²) in [5, 5.41) is 2.64. The summed E-state index contributed by atoms with van der Waals surface area (Å²) in [5.41, 5.74) is 1.80. The second-order valence-corrected chi connectivity index (χ2v) is 23.2. The Morgan fingerprint density at radius 1 is 0.566 bits per heavy atom. The fraction of sp³-hybridized carbons (Fsp3) is 0.932. The summed E-state index contributed by atoms with van der Waals surface area (Å²) < 4.78 is 77.7. The fourth-order valence-corrected chi connectivity index (χ4v) is 12.2. The maximum Gasteiger partial charge on any atom is 0.407 e. The first kappa shape index (κ1) is 66.5. The highest BCUT2D eigenvalue weighted by atomic mass is 16.6. The maximum atomic E-state index is 12.8. The molecule has 4 rings (SSSR count). The standard InChI is InChI=1S/C59H107NO16/c1-47(2)10-9-11-48(3)52-14-15-53-51-13-12-49-46-50(16-19-58(49,7)54(51)17-20-59(52,53)8)75-55(61)18-22-63-24-26-65-28-30-67-32-34-69-36-38-71-40-42-73-44-45-74-43-41-72-39-37-70-35-33-68-31-29-66-27-25-64-23-21-60-56(62)76-57(4,5)6/h12,47-48,50-54H,9-11,13-46H2,1-8H3,(H,60,62)/t48-,50?,51?,52-,53?,54?,58+,59-/m1/s1. The molecule has 0 aromatic heterocycles. The molecule has 3 fully saturated rings. The van der Waals surface area contributed by atoms with Crippen LogP contribution in [0.4, 0.5) is 4.79 Å². The first-order valence-corrected chi connectivity index (χ1v) is 29.5. The lowest BCUT2D eigenvalue weighted by molar-refractivity contribution is -0.152. The third-order valence-electron chi connectivity index (χ3n) is 16.0. The number of nitrogens with one attached hydrogen (secondary N) is 1. The summed E-state index contributed by atoms with van der Waals surface area (Å²) in [6, 6.07) is 0. The molecule has 76 heavy (non-hydrogen) atoms. The van der Waals surface area contributed by atoms with Gasteiger partial charge in [-0.15, -0.1) is 0 Å². The van der Waals surface area contributed by atoms with Crippen molar-refractivity contribution in [3.05, 3.63) is 11.6 Å². The van der Waals surface area contributed by atoms with Gasteiger partial charge in [0.15, 0.2) is 0 Å². The minimum absolute atomic E-state index is 0.0187. The summed E-state index contributed by atoms with van der Waals surface area (Å²) in [7, 11) is 0. The van der Waals surface area contributed by atoms with Crippen molar-refractivity contribution in [2.45, 2.75) is 144 Å². The summed E-state index contributed by atoms with van der Waals surface area (Å²) in [6.07, 6.45) is 16.3. The van der Waals surface area contributed by atoms with Crippen LogP contribution in [0.3, 0.4) is 0 Å². The van der Waals surface area contributed by atoms with Crippen molar-refractivity contribution in [1.29, 1.82) is 0 Å². The molecular formula is C59H107NO16. The van der Waals surface area contributed by atoms with E-state index < -0.39 is 11.7 Å². The first-order valence-electron chi connectivity index (χ1n) is 29.5. The van der Waals surface area contributed by atoms with E-state index in [-0.39, 0.29) is 23.9 Å². The van der Waals surface area contributed by atoms with E-state index in [1.165, 1.54) is 51.4 Å². The molecule has 4 unspecified atom stereocenters. The van der Waals surface area contributed by atoms with Crippen LogP contribution in [0.1, 0.15) is 132 Å². The van der Waals surface area contributed by atoms with Gasteiger partial charge in [0.05, 0.1) is 165 Å². The molecule has 0 spiro atoms. The lowest BCUT2D eigenvalue weighted by Gasteiger charge is -2.58. The number of rotatable bonds is 45. The number of fused-ring (bicyclic) bond motifs is 5. The second-order valence-electron chi connectivity index (χ2n) is 23.2. The molecule has 4 aliphatic carbocycles. The molecule has 0 aromatic carbocycles. The first-order chi connectivity index (χ1) is 36.7. The van der Waals surface area contributed by atoms with Gasteiger partial charge in [0.2, 0.25) is 0 Å². The van der Waals surface area contributed by atoms with E-state index in [0.717, 1.165) is 54.8 Å². The summed E-state index contributed by atoms with van der Waals surface area (Å²) in [6.45, 7) is 29.5. The normalized spacial score (nSPS) is 24.7. The third kappa shape index (κ3) is 26.5. The molecule has 17 nitrogen and oxygen atoms in total. The van der Waals surface area contributed by atoms with E-state index in [1.807, 2.05) is 20.8 Å². The highest BCUT2D eigenvalue weighted by Gasteiger charge is 2.59. The summed E-state index contributed by atoms with van der Waals surface area (Å²) in [4.78, 5) is 24.4. The fourth-order valence-electron chi connectivity index (χ4n) is 12.2. The Morgan fingerprint density at radius 3 is 1.46 bits per heavy atom. The number of alkyl carbamates (subject to hydrolysis) is 1. The minimum atomic E-state index is -0.518. The molecule has 1 N–H and O–H groups in total. The molecule has 0 aliphatic heterocycles. The quantitative estimate of drug-likeness (QED) is 0.0347. The van der Waals surface area contributed by atoms with Gasteiger partial charge in [0, 0.05) is 13.0 Å². The number of carbonyl (C=O) groups is 2. The third-order valence-corrected chi connectivity index (χ3v) is 16.0. The minimum Gasteiger partial charge on any atom is -0.462 e. The molecule has 444 valence electrons. The Hall–Kier alpha value is -2.00. The molecule has 4 aliphatic rings. The van der Waals surface area contributed by atoms with Gasteiger partial charge in [0.25, 0.3) is 0 Å². The molecule has 17 heteroatoms. The van der Waals surface area contributed by atoms with Crippen molar-refractivity contribution in [3.8, 4) is 0 Å². The largest absolute Gasteiger partial charge is 0.462 e. The highest BCUT2D eigenvalue weighted by Crippen LogP contribution is 2.67. The molecule has 0 bridgehead atoms. The zero-order chi connectivity index (χ0) is 54.8. The molecule has 0 saturated heterocycles. The van der Waals surface area contributed by atoms with Gasteiger partial charge in [-0.3, -0.25) is 4.79 Å².